The van der Waals surface area contributed by atoms with Gasteiger partial charge in [-0.3, -0.25) is 10.1 Å². The van der Waals surface area contributed by atoms with Crippen molar-refractivity contribution in [3.8, 4) is 11.1 Å². The van der Waals surface area contributed by atoms with Crippen molar-refractivity contribution in [3.05, 3.63) is 128 Å². The van der Waals surface area contributed by atoms with Crippen LogP contribution < -0.4 is 10.6 Å². The molecule has 0 heterocycles. The van der Waals surface area contributed by atoms with Crippen LogP contribution in [0.25, 0.3) is 35.4 Å². The SMILES string of the molecule is Cc1c(/C=C/c2cc(CNC(C)(CO)C(O)O)ccc2C(F)(F)F)cccc1-c1cccc(/C=C/c2cc(CN[C@@](C)(CO)C(=O)O)ccc2C(F)(F)F)c1C. The lowest BCUT2D eigenvalue weighted by atomic mass is 9.90. The molecule has 14 heteroatoms. The van der Waals surface area contributed by atoms with Gasteiger partial charge in [0.05, 0.1) is 29.9 Å². The molecule has 300 valence electrons. The van der Waals surface area contributed by atoms with E-state index in [1.807, 2.05) is 12.1 Å². The second-order valence-corrected chi connectivity index (χ2v) is 14.0. The van der Waals surface area contributed by atoms with Crippen molar-refractivity contribution in [2.45, 2.75) is 70.5 Å². The number of carbonyl (C=O) groups is 1. The normalized spacial score (nSPS) is 14.8. The van der Waals surface area contributed by atoms with Gasteiger partial charge in [-0.15, -0.1) is 0 Å². The Balaban J connectivity index is 1.68. The zero-order valence-corrected chi connectivity index (χ0v) is 31.1. The van der Waals surface area contributed by atoms with Crippen LogP contribution in [-0.4, -0.2) is 62.1 Å². The van der Waals surface area contributed by atoms with Gasteiger partial charge in [-0.2, -0.15) is 26.3 Å². The third-order valence-corrected chi connectivity index (χ3v) is 9.83. The lowest BCUT2D eigenvalue weighted by molar-refractivity contribution is -0.146. The van der Waals surface area contributed by atoms with Crippen LogP contribution in [0.4, 0.5) is 26.3 Å². The number of halogens is 6. The number of alkyl halides is 6. The van der Waals surface area contributed by atoms with Gasteiger partial charge in [0.25, 0.3) is 0 Å². The van der Waals surface area contributed by atoms with E-state index in [1.165, 1.54) is 50.3 Å². The van der Waals surface area contributed by atoms with Crippen LogP contribution in [0, 0.1) is 13.8 Å². The van der Waals surface area contributed by atoms with Gasteiger partial charge in [0.2, 0.25) is 0 Å². The second kappa shape index (κ2) is 17.5. The number of benzene rings is 4. The quantitative estimate of drug-likeness (QED) is 0.0375. The van der Waals surface area contributed by atoms with Gasteiger partial charge in [-0.25, -0.2) is 0 Å². The maximum atomic E-state index is 14.0. The Hall–Kier alpha value is -4.83. The van der Waals surface area contributed by atoms with Gasteiger partial charge >= 0.3 is 18.3 Å². The summed E-state index contributed by atoms with van der Waals surface area (Å²) in [5.41, 5.74) is -0.367. The highest BCUT2D eigenvalue weighted by Crippen LogP contribution is 2.37. The van der Waals surface area contributed by atoms with Gasteiger partial charge in [-0.05, 0) is 108 Å². The average Bonchev–Trinajstić information content (AvgIpc) is 3.14. The molecule has 0 fully saturated rings. The first-order valence-corrected chi connectivity index (χ1v) is 17.4. The maximum absolute atomic E-state index is 14.0. The van der Waals surface area contributed by atoms with Gasteiger partial charge < -0.3 is 30.8 Å². The smallest absolute Gasteiger partial charge is 0.416 e. The molecule has 0 saturated carbocycles. The minimum absolute atomic E-state index is 0.0662. The van der Waals surface area contributed by atoms with E-state index in [0.29, 0.717) is 22.3 Å². The third-order valence-electron chi connectivity index (χ3n) is 9.83. The third kappa shape index (κ3) is 10.3. The Kier molecular flexibility index (Phi) is 13.7. The highest BCUT2D eigenvalue weighted by atomic mass is 19.4. The van der Waals surface area contributed by atoms with Gasteiger partial charge in [-0.1, -0.05) is 72.8 Å². The van der Waals surface area contributed by atoms with E-state index in [4.69, 9.17) is 0 Å². The van der Waals surface area contributed by atoms with E-state index < -0.39 is 60.0 Å². The van der Waals surface area contributed by atoms with Crippen molar-refractivity contribution >= 4 is 30.3 Å². The molecule has 0 aliphatic heterocycles. The second-order valence-electron chi connectivity index (χ2n) is 14.0. The Labute approximate surface area is 320 Å². The molecular formula is C42H44F6N2O6. The highest BCUT2D eigenvalue weighted by molar-refractivity contribution is 5.82. The van der Waals surface area contributed by atoms with Crippen molar-refractivity contribution < 1.29 is 56.7 Å². The molecule has 0 radical (unpaired) electrons. The standard InChI is InChI=1S/C42H44F6N2O6/c1-25-29(13-15-31-19-27(11-17-35(31)41(43,44)45)21-49-39(3,23-51)37(53)54)7-5-9-33(25)34-10-6-8-30(26(34)2)14-16-32-20-28(12-18-36(32)42(46,47)48)22-50-40(4,24-52)38(55)56/h5-20,37,49-54H,21-24H2,1-4H3,(H,55,56)/b15-13+,16-14+/t39?,40-/m0/s1. The number of hydrogen-bond donors (Lipinski definition) is 7. The van der Waals surface area contributed by atoms with Crippen molar-refractivity contribution in [1.29, 1.82) is 0 Å². The number of carboxylic acid groups (broad SMARTS) is 1. The summed E-state index contributed by atoms with van der Waals surface area (Å²) in [6.45, 7) is 4.66. The first kappa shape index (κ1) is 43.9. The Morgan fingerprint density at radius 1 is 0.643 bits per heavy atom. The number of carboxylic acids is 1. The fourth-order valence-corrected chi connectivity index (χ4v) is 5.88. The van der Waals surface area contributed by atoms with Crippen LogP contribution in [0.1, 0.15) is 69.5 Å². The Morgan fingerprint density at radius 3 is 1.41 bits per heavy atom. The predicted molar refractivity (Wildman–Crippen MR) is 203 cm³/mol. The Morgan fingerprint density at radius 2 is 1.05 bits per heavy atom. The zero-order valence-electron chi connectivity index (χ0n) is 31.1. The summed E-state index contributed by atoms with van der Waals surface area (Å²) in [5.74, 6) is -1.32. The van der Waals surface area contributed by atoms with Crippen LogP contribution in [0.2, 0.25) is 0 Å². The molecule has 4 aromatic carbocycles. The summed E-state index contributed by atoms with van der Waals surface area (Å²) >= 11 is 0. The summed E-state index contributed by atoms with van der Waals surface area (Å²) in [4.78, 5) is 11.6. The van der Waals surface area contributed by atoms with Crippen LogP contribution in [0.3, 0.4) is 0 Å². The molecule has 0 amide bonds. The fraction of sp³-hybridized carbons (Fsp3) is 0.310. The van der Waals surface area contributed by atoms with Crippen molar-refractivity contribution in [2.75, 3.05) is 13.2 Å². The van der Waals surface area contributed by atoms with E-state index in [-0.39, 0.29) is 24.2 Å². The summed E-state index contributed by atoms with van der Waals surface area (Å²) in [7, 11) is 0. The molecule has 0 aromatic heterocycles. The number of rotatable bonds is 15. The Bertz CT molecular complexity index is 2100. The molecule has 7 N–H and O–H groups in total. The number of nitrogens with one attached hydrogen (secondary N) is 2. The molecule has 4 rings (SSSR count). The first-order chi connectivity index (χ1) is 26.1. The minimum Gasteiger partial charge on any atom is -0.480 e. The molecule has 4 aromatic rings. The highest BCUT2D eigenvalue weighted by Gasteiger charge is 2.35. The first-order valence-electron chi connectivity index (χ1n) is 17.4. The summed E-state index contributed by atoms with van der Waals surface area (Å²) in [6, 6.07) is 17.6. The van der Waals surface area contributed by atoms with Gasteiger partial charge in [0, 0.05) is 13.1 Å². The lowest BCUT2D eigenvalue weighted by Gasteiger charge is -2.30. The van der Waals surface area contributed by atoms with E-state index in [0.717, 1.165) is 34.4 Å². The molecule has 56 heavy (non-hydrogen) atoms. The van der Waals surface area contributed by atoms with E-state index in [9.17, 15) is 56.7 Å². The molecule has 1 unspecified atom stereocenters. The molecule has 0 aliphatic rings. The van der Waals surface area contributed by atoms with Gasteiger partial charge in [0.15, 0.2) is 6.29 Å². The summed E-state index contributed by atoms with van der Waals surface area (Å²) in [6.07, 6.45) is -5.53. The lowest BCUT2D eigenvalue weighted by Crippen LogP contribution is -2.54. The average molecular weight is 787 g/mol. The number of aliphatic hydroxyl groups is 4. The summed E-state index contributed by atoms with van der Waals surface area (Å²) < 4.78 is 84.2. The predicted octanol–water partition coefficient (Wildman–Crippen LogP) is 7.43. The largest absolute Gasteiger partial charge is 0.480 e. The topological polar surface area (TPSA) is 142 Å². The molecule has 2 atom stereocenters. The molecule has 0 bridgehead atoms. The molecule has 0 saturated heterocycles. The van der Waals surface area contributed by atoms with Crippen LogP contribution in [-0.2, 0) is 30.2 Å². The number of aliphatic carboxylic acids is 1. The van der Waals surface area contributed by atoms with Gasteiger partial charge in [0.1, 0.15) is 5.54 Å². The molecule has 0 spiro atoms. The summed E-state index contributed by atoms with van der Waals surface area (Å²) in [5, 5.41) is 53.2. The van der Waals surface area contributed by atoms with E-state index in [1.54, 1.807) is 50.3 Å². The van der Waals surface area contributed by atoms with E-state index >= 15 is 0 Å². The number of hydrogen-bond acceptors (Lipinski definition) is 7. The molecule has 0 aliphatic carbocycles. The van der Waals surface area contributed by atoms with Crippen LogP contribution in [0.5, 0.6) is 0 Å². The molecule has 8 nitrogen and oxygen atoms in total. The zero-order chi connectivity index (χ0) is 41.6. The van der Waals surface area contributed by atoms with Crippen molar-refractivity contribution in [2.24, 2.45) is 0 Å². The van der Waals surface area contributed by atoms with Crippen molar-refractivity contribution in [1.82, 2.24) is 10.6 Å². The fourth-order valence-electron chi connectivity index (χ4n) is 5.88. The number of aliphatic hydroxyl groups excluding tert-OH is 3. The minimum atomic E-state index is -4.68. The monoisotopic (exact) mass is 786 g/mol. The van der Waals surface area contributed by atoms with Crippen LogP contribution >= 0.6 is 0 Å². The van der Waals surface area contributed by atoms with Crippen LogP contribution in [0.15, 0.2) is 72.8 Å². The van der Waals surface area contributed by atoms with Crippen molar-refractivity contribution in [3.63, 3.8) is 0 Å². The maximum Gasteiger partial charge on any atom is 0.416 e. The molecular weight excluding hydrogens is 742 g/mol. The van der Waals surface area contributed by atoms with E-state index in [2.05, 4.69) is 10.6 Å².